The molecule has 100 valence electrons. The second-order valence-corrected chi connectivity index (χ2v) is 4.61. The first-order chi connectivity index (χ1) is 9.63. The van der Waals surface area contributed by atoms with Crippen molar-refractivity contribution in [2.45, 2.75) is 13.8 Å². The molecule has 0 aliphatic rings. The summed E-state index contributed by atoms with van der Waals surface area (Å²) in [5, 5.41) is 0. The largest absolute Gasteiger partial charge is 0.368 e. The van der Waals surface area contributed by atoms with Crippen LogP contribution in [0.5, 0.6) is 0 Å². The van der Waals surface area contributed by atoms with Crippen LogP contribution in [-0.4, -0.2) is 24.5 Å². The maximum absolute atomic E-state index is 5.80. The Morgan fingerprint density at radius 3 is 2.70 bits per heavy atom. The Balaban J connectivity index is 2.17. The number of nitrogens with two attached hydrogens (primary N) is 1. The minimum atomic E-state index is 0.194. The summed E-state index contributed by atoms with van der Waals surface area (Å²) in [6.07, 6.45) is 5.06. The summed E-state index contributed by atoms with van der Waals surface area (Å²) in [6, 6.07) is 6.14. The summed E-state index contributed by atoms with van der Waals surface area (Å²) >= 11 is 0. The van der Waals surface area contributed by atoms with Gasteiger partial charge in [0.2, 0.25) is 11.9 Å². The predicted octanol–water partition coefficient (Wildman–Crippen LogP) is 1.92. The first kappa shape index (κ1) is 12.3. The molecule has 2 N–H and O–H groups in total. The Bertz CT molecular complexity index is 748. The normalized spacial score (nSPS) is 10.7. The highest BCUT2D eigenvalue weighted by Crippen LogP contribution is 2.22. The molecule has 0 bridgehead atoms. The Kier molecular flexibility index (Phi) is 2.90. The summed E-state index contributed by atoms with van der Waals surface area (Å²) in [7, 11) is 0. The molecule has 0 fully saturated rings. The second kappa shape index (κ2) is 4.73. The zero-order valence-corrected chi connectivity index (χ0v) is 11.3. The standard InChI is InChI=1S/C14H14N6/c1-9-3-4-10(2)11(7-9)12-17-13(15)19-14(18-12)20-6-5-16-8-20/h3-8H,1-2H3,(H2,15,17,18,19). The monoisotopic (exact) mass is 266 g/mol. The zero-order chi connectivity index (χ0) is 14.1. The Hall–Kier alpha value is -2.76. The summed E-state index contributed by atoms with van der Waals surface area (Å²) in [4.78, 5) is 16.8. The van der Waals surface area contributed by atoms with Gasteiger partial charge in [-0.25, -0.2) is 4.98 Å². The molecule has 2 aromatic heterocycles. The molecule has 0 unspecified atom stereocenters. The molecule has 6 nitrogen and oxygen atoms in total. The van der Waals surface area contributed by atoms with Gasteiger partial charge in [-0.2, -0.15) is 15.0 Å². The van der Waals surface area contributed by atoms with Gasteiger partial charge in [0.15, 0.2) is 5.82 Å². The number of anilines is 1. The van der Waals surface area contributed by atoms with Gasteiger partial charge in [-0.15, -0.1) is 0 Å². The number of rotatable bonds is 2. The van der Waals surface area contributed by atoms with Crippen molar-refractivity contribution in [3.05, 3.63) is 48.0 Å². The van der Waals surface area contributed by atoms with E-state index in [9.17, 15) is 0 Å². The third-order valence-electron chi connectivity index (χ3n) is 3.01. The lowest BCUT2D eigenvalue weighted by molar-refractivity contribution is 0.905. The Morgan fingerprint density at radius 1 is 1.10 bits per heavy atom. The summed E-state index contributed by atoms with van der Waals surface area (Å²) < 4.78 is 1.70. The molecule has 0 aliphatic carbocycles. The van der Waals surface area contributed by atoms with Crippen molar-refractivity contribution in [3.63, 3.8) is 0 Å². The molecule has 3 aromatic rings. The van der Waals surface area contributed by atoms with Gasteiger partial charge in [-0.1, -0.05) is 17.7 Å². The van der Waals surface area contributed by atoms with E-state index in [1.54, 1.807) is 23.3 Å². The molecule has 0 spiro atoms. The number of hydrogen-bond donors (Lipinski definition) is 1. The molecule has 0 atom stereocenters. The van der Waals surface area contributed by atoms with E-state index < -0.39 is 0 Å². The highest BCUT2D eigenvalue weighted by atomic mass is 15.2. The minimum absolute atomic E-state index is 0.194. The molecule has 20 heavy (non-hydrogen) atoms. The molecule has 1 aromatic carbocycles. The maximum atomic E-state index is 5.80. The van der Waals surface area contributed by atoms with Crippen LogP contribution in [0.3, 0.4) is 0 Å². The van der Waals surface area contributed by atoms with Crippen molar-refractivity contribution in [1.29, 1.82) is 0 Å². The number of imidazole rings is 1. The van der Waals surface area contributed by atoms with Gasteiger partial charge in [0.1, 0.15) is 6.33 Å². The highest BCUT2D eigenvalue weighted by molar-refractivity contribution is 5.62. The molecule has 2 heterocycles. The minimum Gasteiger partial charge on any atom is -0.368 e. The molecular formula is C14H14N6. The van der Waals surface area contributed by atoms with Crippen molar-refractivity contribution in [1.82, 2.24) is 24.5 Å². The average Bonchev–Trinajstić information content (AvgIpc) is 2.95. The lowest BCUT2D eigenvalue weighted by atomic mass is 10.1. The Morgan fingerprint density at radius 2 is 1.95 bits per heavy atom. The van der Waals surface area contributed by atoms with E-state index in [0.717, 1.165) is 16.7 Å². The molecule has 0 radical (unpaired) electrons. The van der Waals surface area contributed by atoms with Gasteiger partial charge < -0.3 is 5.73 Å². The van der Waals surface area contributed by atoms with E-state index in [0.29, 0.717) is 11.8 Å². The van der Waals surface area contributed by atoms with Gasteiger partial charge >= 0.3 is 0 Å². The van der Waals surface area contributed by atoms with Crippen LogP contribution in [0.4, 0.5) is 5.95 Å². The molecule has 0 aliphatic heterocycles. The van der Waals surface area contributed by atoms with Crippen LogP contribution >= 0.6 is 0 Å². The fraction of sp³-hybridized carbons (Fsp3) is 0.143. The van der Waals surface area contributed by atoms with Crippen LogP contribution in [0, 0.1) is 13.8 Å². The van der Waals surface area contributed by atoms with Crippen molar-refractivity contribution in [2.24, 2.45) is 0 Å². The average molecular weight is 266 g/mol. The van der Waals surface area contributed by atoms with Crippen LogP contribution in [0.25, 0.3) is 17.3 Å². The van der Waals surface area contributed by atoms with Gasteiger partial charge in [0.05, 0.1) is 0 Å². The lowest BCUT2D eigenvalue weighted by Crippen LogP contribution is -2.07. The van der Waals surface area contributed by atoms with Crippen LogP contribution in [-0.2, 0) is 0 Å². The quantitative estimate of drug-likeness (QED) is 0.766. The Labute approximate surface area is 116 Å². The van der Waals surface area contributed by atoms with Crippen LogP contribution in [0.15, 0.2) is 36.9 Å². The van der Waals surface area contributed by atoms with Gasteiger partial charge in [-0.05, 0) is 25.5 Å². The highest BCUT2D eigenvalue weighted by Gasteiger charge is 2.10. The van der Waals surface area contributed by atoms with E-state index in [4.69, 9.17) is 5.73 Å². The molecule has 0 saturated carbocycles. The van der Waals surface area contributed by atoms with Crippen molar-refractivity contribution in [3.8, 4) is 17.3 Å². The van der Waals surface area contributed by atoms with Gasteiger partial charge in [0, 0.05) is 18.0 Å². The van der Waals surface area contributed by atoms with E-state index in [-0.39, 0.29) is 5.95 Å². The third kappa shape index (κ3) is 2.23. The van der Waals surface area contributed by atoms with Gasteiger partial charge in [0.25, 0.3) is 0 Å². The first-order valence-electron chi connectivity index (χ1n) is 6.21. The first-order valence-corrected chi connectivity index (χ1v) is 6.21. The van der Waals surface area contributed by atoms with E-state index in [1.165, 1.54) is 0 Å². The second-order valence-electron chi connectivity index (χ2n) is 4.61. The third-order valence-corrected chi connectivity index (χ3v) is 3.01. The summed E-state index contributed by atoms with van der Waals surface area (Å²) in [5.41, 5.74) is 9.00. The molecule has 3 rings (SSSR count). The molecule has 0 saturated heterocycles. The number of benzene rings is 1. The maximum Gasteiger partial charge on any atom is 0.240 e. The molecule has 0 amide bonds. The molecule has 6 heteroatoms. The number of hydrogen-bond acceptors (Lipinski definition) is 5. The van der Waals surface area contributed by atoms with Crippen molar-refractivity contribution >= 4 is 5.95 Å². The number of nitrogens with zero attached hydrogens (tertiary/aromatic N) is 5. The fourth-order valence-corrected chi connectivity index (χ4v) is 1.97. The number of aromatic nitrogens is 5. The van der Waals surface area contributed by atoms with Crippen LogP contribution in [0.1, 0.15) is 11.1 Å². The zero-order valence-electron chi connectivity index (χ0n) is 11.3. The SMILES string of the molecule is Cc1ccc(C)c(-c2nc(N)nc(-n3ccnc3)n2)c1. The lowest BCUT2D eigenvalue weighted by Gasteiger charge is -2.08. The van der Waals surface area contributed by atoms with Crippen molar-refractivity contribution < 1.29 is 0 Å². The van der Waals surface area contributed by atoms with Crippen molar-refractivity contribution in [2.75, 3.05) is 5.73 Å². The topological polar surface area (TPSA) is 82.5 Å². The fourth-order valence-electron chi connectivity index (χ4n) is 1.97. The molecular weight excluding hydrogens is 252 g/mol. The smallest absolute Gasteiger partial charge is 0.240 e. The van der Waals surface area contributed by atoms with Crippen LogP contribution in [0.2, 0.25) is 0 Å². The number of nitrogen functional groups attached to an aromatic ring is 1. The van der Waals surface area contributed by atoms with E-state index >= 15 is 0 Å². The van der Waals surface area contributed by atoms with E-state index in [2.05, 4.69) is 26.0 Å². The van der Waals surface area contributed by atoms with E-state index in [1.807, 2.05) is 26.0 Å². The predicted molar refractivity (Wildman–Crippen MR) is 76.3 cm³/mol. The summed E-state index contributed by atoms with van der Waals surface area (Å²) in [5.74, 6) is 1.23. The van der Waals surface area contributed by atoms with Crippen LogP contribution < -0.4 is 5.73 Å². The number of aryl methyl sites for hydroxylation is 2. The van der Waals surface area contributed by atoms with Gasteiger partial charge in [-0.3, -0.25) is 4.57 Å². The summed E-state index contributed by atoms with van der Waals surface area (Å²) in [6.45, 7) is 4.05.